The summed E-state index contributed by atoms with van der Waals surface area (Å²) in [6.45, 7) is 0.329. The zero-order chi connectivity index (χ0) is 9.26. The molecular formula is C9H8O3S. The molecule has 1 aliphatic rings. The molecule has 1 heterocycles. The van der Waals surface area contributed by atoms with Gasteiger partial charge in [-0.2, -0.15) is 0 Å². The molecule has 1 aliphatic heterocycles. The first-order valence-corrected chi connectivity index (χ1v) is 5.03. The number of benzene rings is 1. The van der Waals surface area contributed by atoms with Crippen LogP contribution in [-0.2, 0) is 10.7 Å². The molecule has 13 heavy (non-hydrogen) atoms. The van der Waals surface area contributed by atoms with Gasteiger partial charge in [0.15, 0.2) is 10.7 Å². The van der Waals surface area contributed by atoms with E-state index in [1.54, 1.807) is 24.3 Å². The summed E-state index contributed by atoms with van der Waals surface area (Å²) >= 11 is 0. The van der Waals surface area contributed by atoms with Crippen LogP contribution in [0.5, 0.6) is 5.75 Å². The van der Waals surface area contributed by atoms with E-state index in [4.69, 9.17) is 4.74 Å². The summed E-state index contributed by atoms with van der Waals surface area (Å²) in [5.41, 5.74) is 0.657. The highest BCUT2D eigenvalue weighted by Gasteiger charge is 2.14. The second kappa shape index (κ2) is 3.22. The quantitative estimate of drug-likeness (QED) is 0.682. The highest BCUT2D eigenvalue weighted by atomic mass is 32.2. The standard InChI is InChI=1S/C9H8O3S/c10-13(11)9-5-6-12-8-4-2-1-3-7(8)9/h1-5,13H,6H2. The Morgan fingerprint density at radius 3 is 2.77 bits per heavy atom. The molecule has 0 aliphatic carbocycles. The lowest BCUT2D eigenvalue weighted by atomic mass is 10.1. The summed E-state index contributed by atoms with van der Waals surface area (Å²) in [5, 5.41) is 0. The Hall–Kier alpha value is -1.29. The van der Waals surface area contributed by atoms with Crippen LogP contribution >= 0.6 is 0 Å². The van der Waals surface area contributed by atoms with E-state index in [2.05, 4.69) is 0 Å². The maximum absolute atomic E-state index is 10.8. The summed E-state index contributed by atoms with van der Waals surface area (Å²) in [4.78, 5) is 0.358. The molecule has 4 heteroatoms. The Labute approximate surface area is 77.6 Å². The van der Waals surface area contributed by atoms with Gasteiger partial charge in [-0.3, -0.25) is 0 Å². The lowest BCUT2D eigenvalue weighted by Gasteiger charge is -2.14. The molecule has 0 saturated heterocycles. The van der Waals surface area contributed by atoms with Crippen LogP contribution in [0.25, 0.3) is 4.91 Å². The van der Waals surface area contributed by atoms with Crippen molar-refractivity contribution >= 4 is 15.6 Å². The van der Waals surface area contributed by atoms with Gasteiger partial charge in [0.1, 0.15) is 12.4 Å². The molecule has 0 radical (unpaired) electrons. The van der Waals surface area contributed by atoms with E-state index in [1.807, 2.05) is 6.07 Å². The molecule has 0 unspecified atom stereocenters. The van der Waals surface area contributed by atoms with Crippen molar-refractivity contribution in [3.8, 4) is 5.75 Å². The minimum atomic E-state index is -2.52. The fourth-order valence-electron chi connectivity index (χ4n) is 1.30. The number of hydrogen-bond acceptors (Lipinski definition) is 3. The van der Waals surface area contributed by atoms with E-state index >= 15 is 0 Å². The molecule has 0 saturated carbocycles. The van der Waals surface area contributed by atoms with Crippen molar-refractivity contribution in [1.29, 1.82) is 0 Å². The largest absolute Gasteiger partial charge is 0.489 e. The van der Waals surface area contributed by atoms with E-state index in [1.165, 1.54) is 0 Å². The van der Waals surface area contributed by atoms with Gasteiger partial charge < -0.3 is 4.74 Å². The summed E-state index contributed by atoms with van der Waals surface area (Å²) in [6.07, 6.45) is 1.58. The average Bonchev–Trinajstić information content (AvgIpc) is 2.17. The molecule has 2 rings (SSSR count). The zero-order valence-corrected chi connectivity index (χ0v) is 7.66. The molecule has 0 aromatic heterocycles. The van der Waals surface area contributed by atoms with Gasteiger partial charge in [0.25, 0.3) is 0 Å². The first kappa shape index (κ1) is 8.31. The van der Waals surface area contributed by atoms with Crippen LogP contribution in [0.3, 0.4) is 0 Å². The van der Waals surface area contributed by atoms with Crippen LogP contribution in [0.4, 0.5) is 0 Å². The van der Waals surface area contributed by atoms with E-state index in [0.717, 1.165) is 0 Å². The Morgan fingerprint density at radius 1 is 1.23 bits per heavy atom. The fourth-order valence-corrected chi connectivity index (χ4v) is 1.90. The van der Waals surface area contributed by atoms with Crippen molar-refractivity contribution < 1.29 is 13.2 Å². The molecule has 0 N–H and O–H groups in total. The minimum absolute atomic E-state index is 0.329. The predicted molar refractivity (Wildman–Crippen MR) is 50.2 cm³/mol. The Kier molecular flexibility index (Phi) is 2.06. The van der Waals surface area contributed by atoms with Gasteiger partial charge in [-0.05, 0) is 18.2 Å². The molecule has 3 nitrogen and oxygen atoms in total. The van der Waals surface area contributed by atoms with Crippen LogP contribution in [0, 0.1) is 0 Å². The number of ether oxygens (including phenoxy) is 1. The van der Waals surface area contributed by atoms with Crippen molar-refractivity contribution in [1.82, 2.24) is 0 Å². The SMILES string of the molecule is O=[SH](=O)C1=CCOc2ccccc21. The number of hydrogen-bond donors (Lipinski definition) is 1. The van der Waals surface area contributed by atoms with Gasteiger partial charge in [0.05, 0.1) is 4.91 Å². The molecular weight excluding hydrogens is 188 g/mol. The summed E-state index contributed by atoms with van der Waals surface area (Å²) in [6, 6.07) is 7.12. The summed E-state index contributed by atoms with van der Waals surface area (Å²) < 4.78 is 26.9. The van der Waals surface area contributed by atoms with Gasteiger partial charge in [-0.15, -0.1) is 0 Å². The van der Waals surface area contributed by atoms with E-state index in [9.17, 15) is 8.42 Å². The Balaban J connectivity index is 2.60. The lowest BCUT2D eigenvalue weighted by Crippen LogP contribution is -2.04. The van der Waals surface area contributed by atoms with Crippen molar-refractivity contribution in [3.05, 3.63) is 35.9 Å². The van der Waals surface area contributed by atoms with Gasteiger partial charge in [-0.1, -0.05) is 12.1 Å². The molecule has 0 amide bonds. The molecule has 0 atom stereocenters. The third kappa shape index (κ3) is 1.45. The predicted octanol–water partition coefficient (Wildman–Crippen LogP) is 1.03. The minimum Gasteiger partial charge on any atom is -0.489 e. The van der Waals surface area contributed by atoms with Crippen LogP contribution < -0.4 is 4.74 Å². The molecule has 0 fully saturated rings. The number of para-hydroxylation sites is 1. The van der Waals surface area contributed by atoms with Crippen LogP contribution in [0.1, 0.15) is 5.56 Å². The number of rotatable bonds is 1. The van der Waals surface area contributed by atoms with Crippen LogP contribution in [-0.4, -0.2) is 15.0 Å². The Morgan fingerprint density at radius 2 is 2.00 bits per heavy atom. The second-order valence-corrected chi connectivity index (χ2v) is 3.65. The summed E-state index contributed by atoms with van der Waals surface area (Å²) in [5.74, 6) is 0.638. The highest BCUT2D eigenvalue weighted by molar-refractivity contribution is 7.83. The maximum atomic E-state index is 10.8. The van der Waals surface area contributed by atoms with E-state index < -0.39 is 10.7 Å². The normalized spacial score (nSPS) is 14.7. The molecule has 0 bridgehead atoms. The van der Waals surface area contributed by atoms with Gasteiger partial charge in [-0.25, -0.2) is 8.42 Å². The van der Waals surface area contributed by atoms with Crippen LogP contribution in [0.2, 0.25) is 0 Å². The molecule has 1 aromatic rings. The smallest absolute Gasteiger partial charge is 0.168 e. The lowest BCUT2D eigenvalue weighted by molar-refractivity contribution is 0.358. The van der Waals surface area contributed by atoms with Gasteiger partial charge in [0, 0.05) is 5.56 Å². The fraction of sp³-hybridized carbons (Fsp3) is 0.111. The number of thiol groups is 1. The topological polar surface area (TPSA) is 43.4 Å². The maximum Gasteiger partial charge on any atom is 0.168 e. The average molecular weight is 196 g/mol. The van der Waals surface area contributed by atoms with E-state index in [-0.39, 0.29) is 0 Å². The third-order valence-electron chi connectivity index (χ3n) is 1.88. The number of fused-ring (bicyclic) bond motifs is 1. The van der Waals surface area contributed by atoms with Gasteiger partial charge in [0.2, 0.25) is 0 Å². The van der Waals surface area contributed by atoms with Crippen molar-refractivity contribution in [2.24, 2.45) is 0 Å². The third-order valence-corrected chi connectivity index (χ3v) is 2.69. The zero-order valence-electron chi connectivity index (χ0n) is 6.77. The second-order valence-electron chi connectivity index (χ2n) is 2.65. The molecule has 1 aromatic carbocycles. The molecule has 0 spiro atoms. The van der Waals surface area contributed by atoms with Crippen molar-refractivity contribution in [3.63, 3.8) is 0 Å². The first-order valence-electron chi connectivity index (χ1n) is 3.86. The molecule has 68 valence electrons. The highest BCUT2D eigenvalue weighted by Crippen LogP contribution is 2.29. The van der Waals surface area contributed by atoms with Gasteiger partial charge >= 0.3 is 0 Å². The van der Waals surface area contributed by atoms with E-state index in [0.29, 0.717) is 22.8 Å². The van der Waals surface area contributed by atoms with Crippen molar-refractivity contribution in [2.75, 3.05) is 6.61 Å². The Bertz CT molecular complexity index is 424. The van der Waals surface area contributed by atoms with Crippen molar-refractivity contribution in [2.45, 2.75) is 0 Å². The first-order chi connectivity index (χ1) is 6.29. The summed E-state index contributed by atoms with van der Waals surface area (Å²) in [7, 11) is -2.52. The monoisotopic (exact) mass is 196 g/mol. The van der Waals surface area contributed by atoms with Crippen LogP contribution in [0.15, 0.2) is 30.3 Å².